The lowest BCUT2D eigenvalue weighted by molar-refractivity contribution is 0.242. The van der Waals surface area contributed by atoms with Crippen LogP contribution in [0.1, 0.15) is 19.5 Å². The summed E-state index contributed by atoms with van der Waals surface area (Å²) < 4.78 is 10.9. The average Bonchev–Trinajstić information content (AvgIpc) is 3.16. The summed E-state index contributed by atoms with van der Waals surface area (Å²) in [5.74, 6) is 1.60. The Kier molecular flexibility index (Phi) is 3.88. The van der Waals surface area contributed by atoms with Crippen LogP contribution in [0.5, 0.6) is 5.75 Å². The zero-order valence-corrected chi connectivity index (χ0v) is 12.4. The van der Waals surface area contributed by atoms with Crippen LogP contribution in [0.15, 0.2) is 34.9 Å². The van der Waals surface area contributed by atoms with Gasteiger partial charge in [0.1, 0.15) is 5.75 Å². The normalized spacial score (nSPS) is 11.1. The molecule has 0 fully saturated rings. The van der Waals surface area contributed by atoms with E-state index in [2.05, 4.69) is 20.3 Å². The highest BCUT2D eigenvalue weighted by atomic mass is 16.5. The number of benzene rings is 1. The summed E-state index contributed by atoms with van der Waals surface area (Å²) in [5, 5.41) is 10.9. The Morgan fingerprint density at radius 3 is 2.91 bits per heavy atom. The molecule has 0 bridgehead atoms. The number of rotatable bonds is 5. The Bertz CT molecular complexity index is 763. The fraction of sp³-hybridized carbons (Fsp3) is 0.267. The second-order valence-electron chi connectivity index (χ2n) is 5.10. The molecule has 0 spiro atoms. The topological polar surface area (TPSA) is 103 Å². The maximum absolute atomic E-state index is 5.67. The Balaban J connectivity index is 1.87. The SMILES string of the molecule is CC(C)Oc1cccc(-c2noc(-c3cc(CN)[nH]n3)n2)c1. The number of nitrogens with zero attached hydrogens (tertiary/aromatic N) is 3. The molecule has 0 amide bonds. The van der Waals surface area contributed by atoms with Crippen molar-refractivity contribution in [1.29, 1.82) is 0 Å². The molecule has 0 aliphatic rings. The molecule has 2 heterocycles. The lowest BCUT2D eigenvalue weighted by Crippen LogP contribution is -2.05. The van der Waals surface area contributed by atoms with Gasteiger partial charge in [-0.05, 0) is 32.0 Å². The van der Waals surface area contributed by atoms with E-state index in [1.807, 2.05) is 38.1 Å². The van der Waals surface area contributed by atoms with Gasteiger partial charge in [0.05, 0.1) is 6.10 Å². The van der Waals surface area contributed by atoms with Gasteiger partial charge in [-0.3, -0.25) is 5.10 Å². The van der Waals surface area contributed by atoms with E-state index in [1.54, 1.807) is 6.07 Å². The monoisotopic (exact) mass is 299 g/mol. The summed E-state index contributed by atoms with van der Waals surface area (Å²) in [6.45, 7) is 4.33. The molecule has 1 aromatic carbocycles. The molecule has 0 saturated carbocycles. The molecule has 2 aromatic heterocycles. The van der Waals surface area contributed by atoms with E-state index in [9.17, 15) is 0 Å². The van der Waals surface area contributed by atoms with Gasteiger partial charge >= 0.3 is 0 Å². The van der Waals surface area contributed by atoms with Crippen LogP contribution in [0.2, 0.25) is 0 Å². The van der Waals surface area contributed by atoms with Gasteiger partial charge in [-0.25, -0.2) is 0 Å². The Hall–Kier alpha value is -2.67. The molecule has 3 rings (SSSR count). The van der Waals surface area contributed by atoms with E-state index in [1.165, 1.54) is 0 Å². The van der Waals surface area contributed by atoms with Crippen LogP contribution in [0.25, 0.3) is 23.0 Å². The summed E-state index contributed by atoms with van der Waals surface area (Å²) >= 11 is 0. The Morgan fingerprint density at radius 1 is 1.32 bits per heavy atom. The molecule has 0 saturated heterocycles. The minimum atomic E-state index is 0.106. The molecular weight excluding hydrogens is 282 g/mol. The van der Waals surface area contributed by atoms with E-state index in [-0.39, 0.29) is 6.10 Å². The number of nitrogens with two attached hydrogens (primary N) is 1. The van der Waals surface area contributed by atoms with Crippen molar-refractivity contribution in [2.45, 2.75) is 26.5 Å². The van der Waals surface area contributed by atoms with Crippen molar-refractivity contribution in [3.05, 3.63) is 36.0 Å². The third-order valence-corrected chi connectivity index (χ3v) is 2.96. The first-order valence-corrected chi connectivity index (χ1v) is 7.01. The standard InChI is InChI=1S/C15H17N5O2/c1-9(2)21-12-5-3-4-10(6-12)14-17-15(22-20-14)13-7-11(8-16)18-19-13/h3-7,9H,8,16H2,1-2H3,(H,18,19). The van der Waals surface area contributed by atoms with Crippen molar-refractivity contribution < 1.29 is 9.26 Å². The molecule has 7 heteroatoms. The molecule has 3 N–H and O–H groups in total. The summed E-state index contributed by atoms with van der Waals surface area (Å²) in [4.78, 5) is 4.36. The molecule has 0 atom stereocenters. The van der Waals surface area contributed by atoms with Gasteiger partial charge in [-0.1, -0.05) is 17.3 Å². The van der Waals surface area contributed by atoms with Crippen LogP contribution in [0.3, 0.4) is 0 Å². The highest BCUT2D eigenvalue weighted by Gasteiger charge is 2.14. The number of hydrogen-bond donors (Lipinski definition) is 2. The highest BCUT2D eigenvalue weighted by molar-refractivity contribution is 5.59. The summed E-state index contributed by atoms with van der Waals surface area (Å²) in [5.41, 5.74) is 7.75. The van der Waals surface area contributed by atoms with Gasteiger partial charge in [-0.15, -0.1) is 0 Å². The van der Waals surface area contributed by atoms with Crippen LogP contribution in [0.4, 0.5) is 0 Å². The zero-order chi connectivity index (χ0) is 15.5. The lowest BCUT2D eigenvalue weighted by Gasteiger charge is -2.09. The summed E-state index contributed by atoms with van der Waals surface area (Å²) in [6.07, 6.45) is 0.106. The number of ether oxygens (including phenoxy) is 1. The fourth-order valence-electron chi connectivity index (χ4n) is 2.00. The van der Waals surface area contributed by atoms with E-state index in [0.717, 1.165) is 17.0 Å². The lowest BCUT2D eigenvalue weighted by atomic mass is 10.2. The molecule has 3 aromatic rings. The van der Waals surface area contributed by atoms with Crippen molar-refractivity contribution >= 4 is 0 Å². The van der Waals surface area contributed by atoms with E-state index >= 15 is 0 Å². The maximum Gasteiger partial charge on any atom is 0.278 e. The molecule has 114 valence electrons. The largest absolute Gasteiger partial charge is 0.491 e. The van der Waals surface area contributed by atoms with Crippen LogP contribution in [-0.4, -0.2) is 26.4 Å². The average molecular weight is 299 g/mol. The fourth-order valence-corrected chi connectivity index (χ4v) is 2.00. The molecule has 22 heavy (non-hydrogen) atoms. The quantitative estimate of drug-likeness (QED) is 0.749. The van der Waals surface area contributed by atoms with Gasteiger partial charge in [0.25, 0.3) is 5.89 Å². The minimum absolute atomic E-state index is 0.106. The van der Waals surface area contributed by atoms with Gasteiger partial charge in [0.2, 0.25) is 5.82 Å². The van der Waals surface area contributed by atoms with Crippen LogP contribution in [-0.2, 0) is 6.54 Å². The molecular formula is C15H17N5O2. The van der Waals surface area contributed by atoms with Crippen molar-refractivity contribution in [3.63, 3.8) is 0 Å². The predicted molar refractivity (Wildman–Crippen MR) is 81.0 cm³/mol. The number of aromatic amines is 1. The third-order valence-electron chi connectivity index (χ3n) is 2.96. The van der Waals surface area contributed by atoms with Crippen molar-refractivity contribution in [2.24, 2.45) is 5.73 Å². The number of aromatic nitrogens is 4. The van der Waals surface area contributed by atoms with Crippen LogP contribution < -0.4 is 10.5 Å². The molecule has 0 aliphatic carbocycles. The molecule has 0 aliphatic heterocycles. The summed E-state index contributed by atoms with van der Waals surface area (Å²) in [7, 11) is 0. The van der Waals surface area contributed by atoms with E-state index < -0.39 is 0 Å². The van der Waals surface area contributed by atoms with Crippen molar-refractivity contribution in [3.8, 4) is 28.7 Å². The predicted octanol–water partition coefficient (Wildman–Crippen LogP) is 2.37. The second kappa shape index (κ2) is 5.98. The van der Waals surface area contributed by atoms with Gasteiger partial charge < -0.3 is 15.0 Å². The summed E-state index contributed by atoms with van der Waals surface area (Å²) in [6, 6.07) is 9.35. The molecule has 0 unspecified atom stereocenters. The van der Waals surface area contributed by atoms with E-state index in [0.29, 0.717) is 24.0 Å². The van der Waals surface area contributed by atoms with Crippen molar-refractivity contribution in [1.82, 2.24) is 20.3 Å². The van der Waals surface area contributed by atoms with E-state index in [4.69, 9.17) is 15.0 Å². The first-order chi connectivity index (χ1) is 10.7. The smallest absolute Gasteiger partial charge is 0.278 e. The van der Waals surface area contributed by atoms with Gasteiger partial charge in [0.15, 0.2) is 5.69 Å². The van der Waals surface area contributed by atoms with Crippen LogP contribution in [0, 0.1) is 0 Å². The van der Waals surface area contributed by atoms with Gasteiger partial charge in [-0.2, -0.15) is 10.1 Å². The van der Waals surface area contributed by atoms with Crippen LogP contribution >= 0.6 is 0 Å². The minimum Gasteiger partial charge on any atom is -0.491 e. The first-order valence-electron chi connectivity index (χ1n) is 7.01. The molecule has 7 nitrogen and oxygen atoms in total. The molecule has 0 radical (unpaired) electrons. The zero-order valence-electron chi connectivity index (χ0n) is 12.4. The number of H-pyrrole nitrogens is 1. The Morgan fingerprint density at radius 2 is 2.18 bits per heavy atom. The highest BCUT2D eigenvalue weighted by Crippen LogP contribution is 2.24. The first kappa shape index (κ1) is 14.3. The van der Waals surface area contributed by atoms with Crippen molar-refractivity contribution in [2.75, 3.05) is 0 Å². The maximum atomic E-state index is 5.67. The third kappa shape index (κ3) is 2.99. The Labute approximate surface area is 127 Å². The number of nitrogens with one attached hydrogen (secondary N) is 1. The number of hydrogen-bond acceptors (Lipinski definition) is 6. The second-order valence-corrected chi connectivity index (χ2v) is 5.10. The van der Waals surface area contributed by atoms with Gasteiger partial charge in [0, 0.05) is 17.8 Å².